The summed E-state index contributed by atoms with van der Waals surface area (Å²) in [5.74, 6) is 1.25. The van der Waals surface area contributed by atoms with Crippen molar-refractivity contribution in [2.24, 2.45) is 0 Å². The molecule has 0 unspecified atom stereocenters. The van der Waals surface area contributed by atoms with E-state index in [1.54, 1.807) is 24.3 Å². The van der Waals surface area contributed by atoms with Crippen LogP contribution in [0.4, 0.5) is 5.69 Å². The third-order valence-electron chi connectivity index (χ3n) is 6.52. The predicted octanol–water partition coefficient (Wildman–Crippen LogP) is 6.19. The third kappa shape index (κ3) is 6.12. The van der Waals surface area contributed by atoms with Gasteiger partial charge in [-0.25, -0.2) is 8.42 Å². The normalized spacial score (nSPS) is 14.7. The summed E-state index contributed by atoms with van der Waals surface area (Å²) < 4.78 is 33.1. The molecule has 2 aromatic carbocycles. The molecule has 1 aliphatic heterocycles. The Bertz CT molecular complexity index is 1260. The first kappa shape index (κ1) is 25.4. The summed E-state index contributed by atoms with van der Waals surface area (Å²) >= 11 is 1.16. The van der Waals surface area contributed by atoms with Gasteiger partial charge < -0.3 is 10.1 Å². The second-order valence-electron chi connectivity index (χ2n) is 9.45. The summed E-state index contributed by atoms with van der Waals surface area (Å²) in [6.07, 6.45) is 2.98. The smallest absolute Gasteiger partial charge is 0.252 e. The summed E-state index contributed by atoms with van der Waals surface area (Å²) in [5, 5.41) is 2.87. The first-order valence-electron chi connectivity index (χ1n) is 11.9. The quantitative estimate of drug-likeness (QED) is 0.371. The van der Waals surface area contributed by atoms with Crippen molar-refractivity contribution in [2.45, 2.75) is 56.1 Å². The molecule has 0 aliphatic carbocycles. The number of anilines is 1. The standard InChI is InChI=1S/C27H32N2O4S2/c1-4-27(2,3)20-7-11-22(12-8-20)33-23-13-9-21(10-14-23)28-25(30)19-24-15-16-26(34-24)35(31,32)29-17-5-6-18-29/h7-16H,4-6,17-19H2,1-3H3,(H,28,30). The number of hydrogen-bond acceptors (Lipinski definition) is 5. The van der Waals surface area contributed by atoms with Crippen LogP contribution in [0.3, 0.4) is 0 Å². The van der Waals surface area contributed by atoms with Crippen molar-refractivity contribution in [1.82, 2.24) is 4.31 Å². The lowest BCUT2D eigenvalue weighted by atomic mass is 9.82. The highest BCUT2D eigenvalue weighted by molar-refractivity contribution is 7.91. The van der Waals surface area contributed by atoms with Crippen LogP contribution in [0.25, 0.3) is 0 Å². The van der Waals surface area contributed by atoms with Crippen molar-refractivity contribution in [3.8, 4) is 11.5 Å². The topological polar surface area (TPSA) is 75.7 Å². The molecular formula is C27H32N2O4S2. The van der Waals surface area contributed by atoms with Crippen molar-refractivity contribution in [1.29, 1.82) is 0 Å². The van der Waals surface area contributed by atoms with Crippen LogP contribution >= 0.6 is 11.3 Å². The van der Waals surface area contributed by atoms with Crippen molar-refractivity contribution in [3.63, 3.8) is 0 Å². The zero-order chi connectivity index (χ0) is 25.1. The Morgan fingerprint density at radius 1 is 0.971 bits per heavy atom. The Morgan fingerprint density at radius 2 is 1.57 bits per heavy atom. The van der Waals surface area contributed by atoms with E-state index in [-0.39, 0.29) is 17.7 Å². The van der Waals surface area contributed by atoms with E-state index in [1.165, 1.54) is 9.87 Å². The average molecular weight is 513 g/mol. The van der Waals surface area contributed by atoms with Crippen LogP contribution in [-0.2, 0) is 26.7 Å². The fourth-order valence-corrected chi connectivity index (χ4v) is 6.96. The number of nitrogens with zero attached hydrogens (tertiary/aromatic N) is 1. The van der Waals surface area contributed by atoms with Gasteiger partial charge in [-0.3, -0.25) is 4.79 Å². The highest BCUT2D eigenvalue weighted by Gasteiger charge is 2.28. The Hall–Kier alpha value is -2.68. The van der Waals surface area contributed by atoms with Gasteiger partial charge >= 0.3 is 0 Å². The van der Waals surface area contributed by atoms with Crippen molar-refractivity contribution in [2.75, 3.05) is 18.4 Å². The summed E-state index contributed by atoms with van der Waals surface area (Å²) in [7, 11) is -3.45. The molecule has 0 atom stereocenters. The minimum atomic E-state index is -3.45. The molecule has 1 fully saturated rings. The molecule has 8 heteroatoms. The molecule has 1 aromatic heterocycles. The monoisotopic (exact) mass is 512 g/mol. The zero-order valence-corrected chi connectivity index (χ0v) is 22.0. The maximum absolute atomic E-state index is 12.7. The van der Waals surface area contributed by atoms with Gasteiger partial charge in [0.05, 0.1) is 6.42 Å². The molecule has 2 heterocycles. The number of thiophene rings is 1. The van der Waals surface area contributed by atoms with Crippen LogP contribution in [0, 0.1) is 0 Å². The Balaban J connectivity index is 1.32. The second-order valence-corrected chi connectivity index (χ2v) is 12.8. The minimum absolute atomic E-state index is 0.124. The predicted molar refractivity (Wildman–Crippen MR) is 141 cm³/mol. The maximum atomic E-state index is 12.7. The molecule has 35 heavy (non-hydrogen) atoms. The SMILES string of the molecule is CCC(C)(C)c1ccc(Oc2ccc(NC(=O)Cc3ccc(S(=O)(=O)N4CCCC4)s3)cc2)cc1. The number of hydrogen-bond donors (Lipinski definition) is 1. The Labute approximate surface area is 212 Å². The maximum Gasteiger partial charge on any atom is 0.252 e. The Morgan fingerprint density at radius 3 is 2.17 bits per heavy atom. The molecule has 0 bridgehead atoms. The number of carbonyl (C=O) groups excluding carboxylic acids is 1. The number of rotatable bonds is 9. The number of benzene rings is 2. The molecule has 1 amide bonds. The van der Waals surface area contributed by atoms with Crippen LogP contribution in [0.5, 0.6) is 11.5 Å². The van der Waals surface area contributed by atoms with Crippen LogP contribution in [0.1, 0.15) is 50.5 Å². The van der Waals surface area contributed by atoms with Gasteiger partial charge in [-0.2, -0.15) is 4.31 Å². The first-order chi connectivity index (χ1) is 16.7. The van der Waals surface area contributed by atoms with Gasteiger partial charge in [0.15, 0.2) is 0 Å². The van der Waals surface area contributed by atoms with E-state index in [0.717, 1.165) is 41.2 Å². The molecular weight excluding hydrogens is 480 g/mol. The Kier molecular flexibility index (Phi) is 7.64. The molecule has 3 aromatic rings. The fourth-order valence-electron chi connectivity index (χ4n) is 3.93. The zero-order valence-electron chi connectivity index (χ0n) is 20.4. The number of ether oxygens (including phenoxy) is 1. The van der Waals surface area contributed by atoms with Crippen molar-refractivity contribution < 1.29 is 17.9 Å². The number of nitrogens with one attached hydrogen (secondary N) is 1. The van der Waals surface area contributed by atoms with E-state index in [4.69, 9.17) is 4.74 Å². The van der Waals surface area contributed by atoms with E-state index in [1.807, 2.05) is 24.3 Å². The van der Waals surface area contributed by atoms with E-state index in [0.29, 0.717) is 28.7 Å². The van der Waals surface area contributed by atoms with Crippen LogP contribution < -0.4 is 10.1 Å². The highest BCUT2D eigenvalue weighted by Crippen LogP contribution is 2.30. The van der Waals surface area contributed by atoms with Gasteiger partial charge in [0, 0.05) is 23.7 Å². The summed E-state index contributed by atoms with van der Waals surface area (Å²) in [4.78, 5) is 13.2. The molecule has 1 saturated heterocycles. The van der Waals surface area contributed by atoms with Gasteiger partial charge in [-0.1, -0.05) is 32.9 Å². The molecule has 4 rings (SSSR count). The van der Waals surface area contributed by atoms with Crippen LogP contribution in [0.15, 0.2) is 64.9 Å². The average Bonchev–Trinajstić information content (AvgIpc) is 3.54. The van der Waals surface area contributed by atoms with Crippen LogP contribution in [0.2, 0.25) is 0 Å². The molecule has 1 N–H and O–H groups in total. The molecule has 186 valence electrons. The number of sulfonamides is 1. The summed E-state index contributed by atoms with van der Waals surface area (Å²) in [5.41, 5.74) is 2.06. The van der Waals surface area contributed by atoms with Crippen LogP contribution in [-0.4, -0.2) is 31.7 Å². The lowest BCUT2D eigenvalue weighted by Crippen LogP contribution is -2.27. The lowest BCUT2D eigenvalue weighted by Gasteiger charge is -2.23. The van der Waals surface area contributed by atoms with E-state index >= 15 is 0 Å². The van der Waals surface area contributed by atoms with Crippen molar-refractivity contribution in [3.05, 3.63) is 71.1 Å². The van der Waals surface area contributed by atoms with E-state index < -0.39 is 10.0 Å². The van der Waals surface area contributed by atoms with Gasteiger partial charge in [0.1, 0.15) is 15.7 Å². The number of carbonyl (C=O) groups is 1. The molecule has 1 aliphatic rings. The van der Waals surface area contributed by atoms with Crippen molar-refractivity contribution >= 4 is 33.0 Å². The fraction of sp³-hybridized carbons (Fsp3) is 0.370. The van der Waals surface area contributed by atoms with Gasteiger partial charge in [-0.15, -0.1) is 11.3 Å². The lowest BCUT2D eigenvalue weighted by molar-refractivity contribution is -0.115. The third-order valence-corrected chi connectivity index (χ3v) is 9.98. The van der Waals surface area contributed by atoms with E-state index in [2.05, 4.69) is 38.2 Å². The second kappa shape index (κ2) is 10.5. The molecule has 0 saturated carbocycles. The summed E-state index contributed by atoms with van der Waals surface area (Å²) in [6, 6.07) is 18.7. The summed E-state index contributed by atoms with van der Waals surface area (Å²) in [6.45, 7) is 7.77. The van der Waals surface area contributed by atoms with Gasteiger partial charge in [0.25, 0.3) is 10.0 Å². The highest BCUT2D eigenvalue weighted by atomic mass is 32.2. The van der Waals surface area contributed by atoms with Gasteiger partial charge in [-0.05, 0) is 78.8 Å². The van der Waals surface area contributed by atoms with Gasteiger partial charge in [0.2, 0.25) is 5.91 Å². The largest absolute Gasteiger partial charge is 0.457 e. The molecule has 0 spiro atoms. The number of amides is 1. The molecule has 6 nitrogen and oxygen atoms in total. The molecule has 0 radical (unpaired) electrons. The first-order valence-corrected chi connectivity index (χ1v) is 14.2. The van der Waals surface area contributed by atoms with E-state index in [9.17, 15) is 13.2 Å². The minimum Gasteiger partial charge on any atom is -0.457 e.